The van der Waals surface area contributed by atoms with Crippen molar-refractivity contribution in [1.82, 2.24) is 15.0 Å². The molecule has 0 radical (unpaired) electrons. The molecule has 2 aromatic heterocycles. The minimum absolute atomic E-state index is 0.442. The highest BCUT2D eigenvalue weighted by Crippen LogP contribution is 2.35. The number of ether oxygens (including phenoxy) is 1. The Labute approximate surface area is 131 Å². The van der Waals surface area contributed by atoms with Crippen LogP contribution in [0.3, 0.4) is 0 Å². The van der Waals surface area contributed by atoms with E-state index in [1.54, 1.807) is 18.4 Å². The molecular formula is C15H14ClN3OS. The summed E-state index contributed by atoms with van der Waals surface area (Å²) in [5.74, 6) is 1.29. The molecule has 0 aliphatic rings. The molecule has 3 aromatic rings. The minimum atomic E-state index is 0.442. The molecule has 4 nitrogen and oxygen atoms in total. The van der Waals surface area contributed by atoms with Crippen LogP contribution in [0, 0.1) is 20.8 Å². The van der Waals surface area contributed by atoms with Crippen LogP contribution in [0.15, 0.2) is 12.1 Å². The maximum atomic E-state index is 6.38. The number of hydrogen-bond donors (Lipinski definition) is 0. The van der Waals surface area contributed by atoms with E-state index in [0.29, 0.717) is 16.7 Å². The van der Waals surface area contributed by atoms with Gasteiger partial charge in [0, 0.05) is 5.39 Å². The third-order valence-electron chi connectivity index (χ3n) is 3.30. The van der Waals surface area contributed by atoms with Crippen LogP contribution in [-0.4, -0.2) is 22.1 Å². The van der Waals surface area contributed by atoms with Crippen molar-refractivity contribution >= 4 is 33.8 Å². The molecule has 0 bridgehead atoms. The van der Waals surface area contributed by atoms with Gasteiger partial charge in [0.15, 0.2) is 5.82 Å². The smallest absolute Gasteiger partial charge is 0.173 e. The fourth-order valence-corrected chi connectivity index (χ4v) is 3.50. The molecule has 0 aliphatic carbocycles. The Morgan fingerprint density at radius 2 is 1.86 bits per heavy atom. The maximum absolute atomic E-state index is 6.38. The summed E-state index contributed by atoms with van der Waals surface area (Å²) in [5, 5.41) is 2.26. The van der Waals surface area contributed by atoms with Gasteiger partial charge in [0.05, 0.1) is 22.7 Å². The van der Waals surface area contributed by atoms with Crippen LogP contribution in [-0.2, 0) is 0 Å². The number of methoxy groups -OCH3 is 1. The van der Waals surface area contributed by atoms with Crippen molar-refractivity contribution < 1.29 is 4.74 Å². The van der Waals surface area contributed by atoms with Gasteiger partial charge in [0.1, 0.15) is 16.4 Å². The van der Waals surface area contributed by atoms with Crippen LogP contribution in [0.5, 0.6) is 5.75 Å². The summed E-state index contributed by atoms with van der Waals surface area (Å²) in [7, 11) is 1.63. The van der Waals surface area contributed by atoms with E-state index in [1.165, 1.54) is 0 Å². The molecule has 0 spiro atoms. The van der Waals surface area contributed by atoms with E-state index in [-0.39, 0.29) is 0 Å². The minimum Gasteiger partial charge on any atom is -0.494 e. The first-order valence-electron chi connectivity index (χ1n) is 6.46. The summed E-state index contributed by atoms with van der Waals surface area (Å²) >= 11 is 7.95. The monoisotopic (exact) mass is 319 g/mol. The first-order chi connectivity index (χ1) is 10.0. The summed E-state index contributed by atoms with van der Waals surface area (Å²) in [4.78, 5) is 14.5. The molecule has 0 unspecified atom stereocenters. The fourth-order valence-electron chi connectivity index (χ4n) is 2.33. The van der Waals surface area contributed by atoms with Gasteiger partial charge >= 0.3 is 0 Å². The lowest BCUT2D eigenvalue weighted by Gasteiger charge is -2.09. The number of nitrogens with zero attached hydrogens (tertiary/aromatic N) is 3. The first-order valence-corrected chi connectivity index (χ1v) is 7.66. The molecule has 0 N–H and O–H groups in total. The number of hydrogen-bond acceptors (Lipinski definition) is 5. The van der Waals surface area contributed by atoms with Crippen LogP contribution in [0.25, 0.3) is 21.6 Å². The Kier molecular flexibility index (Phi) is 3.55. The zero-order valence-corrected chi connectivity index (χ0v) is 13.8. The van der Waals surface area contributed by atoms with Crippen molar-refractivity contribution in [3.63, 3.8) is 0 Å². The number of aryl methyl sites for hydroxylation is 3. The lowest BCUT2D eigenvalue weighted by Crippen LogP contribution is -1.96. The molecule has 6 heteroatoms. The molecular weight excluding hydrogens is 306 g/mol. The summed E-state index contributed by atoms with van der Waals surface area (Å²) in [6.07, 6.45) is 0. The maximum Gasteiger partial charge on any atom is 0.173 e. The van der Waals surface area contributed by atoms with Crippen molar-refractivity contribution in [1.29, 1.82) is 0 Å². The Balaban J connectivity index is 2.35. The van der Waals surface area contributed by atoms with Crippen molar-refractivity contribution in [2.24, 2.45) is 0 Å². The molecule has 0 fully saturated rings. The summed E-state index contributed by atoms with van der Waals surface area (Å²) in [6, 6.07) is 3.85. The normalized spacial score (nSPS) is 11.1. The molecule has 0 amide bonds. The van der Waals surface area contributed by atoms with Gasteiger partial charge < -0.3 is 4.74 Å². The first kappa shape index (κ1) is 14.2. The molecule has 0 saturated heterocycles. The van der Waals surface area contributed by atoms with Crippen LogP contribution in [0.2, 0.25) is 5.15 Å². The number of aromatic nitrogens is 3. The quantitative estimate of drug-likeness (QED) is 0.659. The molecule has 108 valence electrons. The average molecular weight is 320 g/mol. The Hall–Kier alpha value is -1.72. The second-order valence-corrected chi connectivity index (χ2v) is 6.35. The molecule has 3 rings (SSSR count). The highest BCUT2D eigenvalue weighted by atomic mass is 35.5. The number of rotatable bonds is 2. The standard InChI is InChI=1S/C15H14ClN3OS/c1-7-5-6-10(20-4)12-11(7)14(16)19-15(18-12)13-8(2)17-9(3)21-13/h5-6H,1-4H3. The van der Waals surface area contributed by atoms with E-state index in [0.717, 1.165) is 32.0 Å². The molecule has 2 heterocycles. The summed E-state index contributed by atoms with van der Waals surface area (Å²) < 4.78 is 5.40. The van der Waals surface area contributed by atoms with E-state index in [4.69, 9.17) is 16.3 Å². The topological polar surface area (TPSA) is 47.9 Å². The zero-order chi connectivity index (χ0) is 15.1. The van der Waals surface area contributed by atoms with Gasteiger partial charge in [-0.3, -0.25) is 0 Å². The van der Waals surface area contributed by atoms with Crippen LogP contribution in [0.1, 0.15) is 16.3 Å². The van der Waals surface area contributed by atoms with Gasteiger partial charge in [-0.1, -0.05) is 17.7 Å². The highest BCUT2D eigenvalue weighted by molar-refractivity contribution is 7.15. The SMILES string of the molecule is COc1ccc(C)c2c(Cl)nc(-c3sc(C)nc3C)nc12. The van der Waals surface area contributed by atoms with Crippen molar-refractivity contribution in [3.05, 3.63) is 33.6 Å². The van der Waals surface area contributed by atoms with Gasteiger partial charge in [-0.15, -0.1) is 11.3 Å². The zero-order valence-electron chi connectivity index (χ0n) is 12.2. The highest BCUT2D eigenvalue weighted by Gasteiger charge is 2.16. The van der Waals surface area contributed by atoms with Crippen LogP contribution < -0.4 is 4.74 Å². The van der Waals surface area contributed by atoms with E-state index in [2.05, 4.69) is 15.0 Å². The van der Waals surface area contributed by atoms with E-state index in [9.17, 15) is 0 Å². The van der Waals surface area contributed by atoms with E-state index >= 15 is 0 Å². The van der Waals surface area contributed by atoms with E-state index in [1.807, 2.05) is 32.9 Å². The van der Waals surface area contributed by atoms with Crippen molar-refractivity contribution in [3.8, 4) is 16.5 Å². The second-order valence-electron chi connectivity index (χ2n) is 4.79. The van der Waals surface area contributed by atoms with Gasteiger partial charge in [0.2, 0.25) is 0 Å². The van der Waals surface area contributed by atoms with Gasteiger partial charge in [-0.05, 0) is 32.4 Å². The number of benzene rings is 1. The Morgan fingerprint density at radius 1 is 1.10 bits per heavy atom. The summed E-state index contributed by atoms with van der Waals surface area (Å²) in [6.45, 7) is 5.90. The van der Waals surface area contributed by atoms with Crippen LogP contribution >= 0.6 is 22.9 Å². The molecule has 21 heavy (non-hydrogen) atoms. The largest absolute Gasteiger partial charge is 0.494 e. The van der Waals surface area contributed by atoms with Gasteiger partial charge in [-0.2, -0.15) is 0 Å². The summed E-state index contributed by atoms with van der Waals surface area (Å²) in [5.41, 5.74) is 2.68. The van der Waals surface area contributed by atoms with E-state index < -0.39 is 0 Å². The predicted octanol–water partition coefficient (Wildman–Crippen LogP) is 4.34. The lowest BCUT2D eigenvalue weighted by atomic mass is 10.1. The third-order valence-corrected chi connectivity index (χ3v) is 4.65. The number of fused-ring (bicyclic) bond motifs is 1. The molecule has 0 saturated carbocycles. The Bertz CT molecular complexity index is 845. The van der Waals surface area contributed by atoms with Gasteiger partial charge in [-0.25, -0.2) is 15.0 Å². The van der Waals surface area contributed by atoms with Crippen molar-refractivity contribution in [2.75, 3.05) is 7.11 Å². The average Bonchev–Trinajstić information content (AvgIpc) is 2.77. The molecule has 0 aliphatic heterocycles. The van der Waals surface area contributed by atoms with Gasteiger partial charge in [0.25, 0.3) is 0 Å². The Morgan fingerprint density at radius 3 is 2.48 bits per heavy atom. The fraction of sp³-hybridized carbons (Fsp3) is 0.267. The second kappa shape index (κ2) is 5.24. The predicted molar refractivity (Wildman–Crippen MR) is 86.4 cm³/mol. The lowest BCUT2D eigenvalue weighted by molar-refractivity contribution is 0.419. The number of thiazole rings is 1. The number of halogens is 1. The van der Waals surface area contributed by atoms with Crippen LogP contribution in [0.4, 0.5) is 0 Å². The molecule has 1 aromatic carbocycles. The third kappa shape index (κ3) is 2.36. The van der Waals surface area contributed by atoms with Crippen molar-refractivity contribution in [2.45, 2.75) is 20.8 Å². The molecule has 0 atom stereocenters.